The van der Waals surface area contributed by atoms with Crippen molar-refractivity contribution in [3.8, 4) is 5.69 Å². The Morgan fingerprint density at radius 3 is 2.72 bits per heavy atom. The monoisotopic (exact) mass is 494 g/mol. The summed E-state index contributed by atoms with van der Waals surface area (Å²) in [7, 11) is 0. The minimum absolute atomic E-state index is 0.184. The van der Waals surface area contributed by atoms with E-state index < -0.39 is 17.7 Å². The van der Waals surface area contributed by atoms with E-state index in [1.807, 2.05) is 6.92 Å². The van der Waals surface area contributed by atoms with Crippen LogP contribution in [0.2, 0.25) is 0 Å². The molecular weight excluding hydrogens is 469 g/mol. The lowest BCUT2D eigenvalue weighted by molar-refractivity contribution is -0.138. The third-order valence-corrected chi connectivity index (χ3v) is 5.92. The molecule has 1 aliphatic rings. The number of hydrazone groups is 1. The number of aldehydes is 1. The maximum atomic E-state index is 13.7. The molecule has 186 valence electrons. The van der Waals surface area contributed by atoms with Crippen molar-refractivity contribution in [2.75, 3.05) is 13.1 Å². The number of alkyl halides is 3. The third kappa shape index (κ3) is 5.42. The first kappa shape index (κ1) is 25.0. The third-order valence-electron chi connectivity index (χ3n) is 5.92. The van der Waals surface area contributed by atoms with Gasteiger partial charge in [-0.3, -0.25) is 14.8 Å². The molecule has 0 aliphatic carbocycles. The van der Waals surface area contributed by atoms with Gasteiger partial charge in [-0.05, 0) is 49.6 Å². The molecule has 1 saturated heterocycles. The molecule has 0 radical (unpaired) electrons. The molecule has 1 atom stereocenters. The second-order valence-electron chi connectivity index (χ2n) is 8.33. The van der Waals surface area contributed by atoms with Gasteiger partial charge in [0.15, 0.2) is 6.29 Å². The average molecular weight is 495 g/mol. The van der Waals surface area contributed by atoms with Gasteiger partial charge in [-0.1, -0.05) is 24.3 Å². The van der Waals surface area contributed by atoms with E-state index in [-0.39, 0.29) is 17.8 Å². The van der Waals surface area contributed by atoms with Crippen molar-refractivity contribution in [1.82, 2.24) is 19.5 Å². The molecule has 1 unspecified atom stereocenters. The minimum atomic E-state index is -4.46. The summed E-state index contributed by atoms with van der Waals surface area (Å²) in [6.45, 7) is 6.16. The van der Waals surface area contributed by atoms with E-state index in [9.17, 15) is 18.0 Å². The maximum absolute atomic E-state index is 13.7. The van der Waals surface area contributed by atoms with Crippen molar-refractivity contribution in [2.45, 2.75) is 31.9 Å². The highest BCUT2D eigenvalue weighted by Crippen LogP contribution is 2.39. The Morgan fingerprint density at radius 2 is 2.03 bits per heavy atom. The van der Waals surface area contributed by atoms with Crippen LogP contribution in [0.15, 0.2) is 65.1 Å². The number of aromatic nitrogens is 3. The van der Waals surface area contributed by atoms with Crippen molar-refractivity contribution >= 4 is 24.9 Å². The summed E-state index contributed by atoms with van der Waals surface area (Å²) in [4.78, 5) is 24.7. The number of aryl methyl sites for hydroxylation is 1. The number of aliphatic imine (C=N–C) groups is 1. The Morgan fingerprint density at radius 1 is 1.22 bits per heavy atom. The van der Waals surface area contributed by atoms with Crippen LogP contribution in [0.25, 0.3) is 11.8 Å². The highest BCUT2D eigenvalue weighted by atomic mass is 19.4. The topological polar surface area (TPSA) is 75.7 Å². The van der Waals surface area contributed by atoms with E-state index in [1.54, 1.807) is 52.5 Å². The number of piperidine rings is 1. The Hall–Kier alpha value is -4.08. The smallest absolute Gasteiger partial charge is 0.304 e. The fraction of sp³-hybridized carbons (Fsp3) is 0.269. The average Bonchev–Trinajstić information content (AvgIpc) is 3.31. The van der Waals surface area contributed by atoms with Crippen LogP contribution >= 0.6 is 0 Å². The van der Waals surface area contributed by atoms with Crippen LogP contribution in [0.3, 0.4) is 0 Å². The molecule has 0 saturated carbocycles. The molecule has 0 N–H and O–H groups in total. The van der Waals surface area contributed by atoms with Crippen LogP contribution in [-0.4, -0.2) is 51.5 Å². The van der Waals surface area contributed by atoms with Gasteiger partial charge in [0.1, 0.15) is 11.5 Å². The molecule has 3 heterocycles. The number of carbonyl (C=O) groups excluding carboxylic acids is 1. The predicted molar refractivity (Wildman–Crippen MR) is 132 cm³/mol. The molecule has 2 aromatic heterocycles. The van der Waals surface area contributed by atoms with E-state index in [2.05, 4.69) is 26.8 Å². The lowest BCUT2D eigenvalue weighted by Gasteiger charge is -2.33. The molecule has 3 aromatic rings. The second kappa shape index (κ2) is 10.7. The van der Waals surface area contributed by atoms with Gasteiger partial charge in [0.25, 0.3) is 0 Å². The van der Waals surface area contributed by atoms with Crippen molar-refractivity contribution in [3.63, 3.8) is 0 Å². The molecule has 0 spiro atoms. The van der Waals surface area contributed by atoms with Gasteiger partial charge in [-0.2, -0.15) is 18.3 Å². The first-order valence-electron chi connectivity index (χ1n) is 11.4. The Balaban J connectivity index is 1.57. The van der Waals surface area contributed by atoms with Gasteiger partial charge >= 0.3 is 6.18 Å². The molecule has 7 nitrogen and oxygen atoms in total. The summed E-state index contributed by atoms with van der Waals surface area (Å²) in [5, 5.41) is 5.55. The summed E-state index contributed by atoms with van der Waals surface area (Å²) >= 11 is 0. The summed E-state index contributed by atoms with van der Waals surface area (Å²) in [5.41, 5.74) is 1.77. The van der Waals surface area contributed by atoms with E-state index in [1.165, 1.54) is 12.1 Å². The van der Waals surface area contributed by atoms with Crippen LogP contribution in [0.4, 0.5) is 13.2 Å². The van der Waals surface area contributed by atoms with E-state index in [0.29, 0.717) is 42.9 Å². The van der Waals surface area contributed by atoms with Crippen molar-refractivity contribution in [1.29, 1.82) is 0 Å². The SMILES string of the molecule is C=NN1CCCC(c2ccccc2C(F)(F)F)C1=NC/C=C/c1ccc(-n2cnc(C)c2)c(C=O)n1. The Kier molecular flexibility index (Phi) is 7.42. The molecule has 1 aliphatic heterocycles. The first-order valence-corrected chi connectivity index (χ1v) is 11.4. The maximum Gasteiger partial charge on any atom is 0.416 e. The Labute approximate surface area is 206 Å². The van der Waals surface area contributed by atoms with Crippen LogP contribution < -0.4 is 0 Å². The summed E-state index contributed by atoms with van der Waals surface area (Å²) in [5.74, 6) is -0.0989. The minimum Gasteiger partial charge on any atom is -0.304 e. The number of hydrogen-bond donors (Lipinski definition) is 0. The van der Waals surface area contributed by atoms with E-state index >= 15 is 0 Å². The quantitative estimate of drug-likeness (QED) is 0.329. The van der Waals surface area contributed by atoms with Gasteiger partial charge in [-0.25, -0.2) is 9.97 Å². The number of amidine groups is 1. The highest BCUT2D eigenvalue weighted by Gasteiger charge is 2.38. The van der Waals surface area contributed by atoms with Crippen LogP contribution in [-0.2, 0) is 6.18 Å². The molecule has 10 heteroatoms. The first-order chi connectivity index (χ1) is 17.3. The zero-order valence-electron chi connectivity index (χ0n) is 19.7. The summed E-state index contributed by atoms with van der Waals surface area (Å²) in [6.07, 6.45) is 4.29. The number of pyridine rings is 1. The number of nitrogens with zero attached hydrogens (tertiary/aromatic N) is 6. The molecule has 4 rings (SSSR count). The predicted octanol–water partition coefficient (Wildman–Crippen LogP) is 5.31. The largest absolute Gasteiger partial charge is 0.416 e. The van der Waals surface area contributed by atoms with Crippen molar-refractivity contribution < 1.29 is 18.0 Å². The molecule has 0 bridgehead atoms. The van der Waals surface area contributed by atoms with Gasteiger partial charge in [0.05, 0.1) is 35.5 Å². The number of halogens is 3. The van der Waals surface area contributed by atoms with Crippen LogP contribution in [0.1, 0.15) is 51.8 Å². The van der Waals surface area contributed by atoms with Crippen LogP contribution in [0, 0.1) is 6.92 Å². The highest BCUT2D eigenvalue weighted by molar-refractivity contribution is 5.90. The molecule has 36 heavy (non-hydrogen) atoms. The Bertz CT molecular complexity index is 1310. The van der Waals surface area contributed by atoms with Gasteiger partial charge in [0.2, 0.25) is 0 Å². The number of imidazole rings is 1. The van der Waals surface area contributed by atoms with Crippen molar-refractivity contribution in [2.24, 2.45) is 10.1 Å². The zero-order chi connectivity index (χ0) is 25.7. The summed E-state index contributed by atoms with van der Waals surface area (Å²) in [6, 6.07) is 9.13. The normalized spacial score (nSPS) is 17.6. The lowest BCUT2D eigenvalue weighted by atomic mass is 9.86. The zero-order valence-corrected chi connectivity index (χ0v) is 19.7. The fourth-order valence-electron chi connectivity index (χ4n) is 4.31. The molecular formula is C26H25F3N6O. The number of carbonyl (C=O) groups is 1. The second-order valence-corrected chi connectivity index (χ2v) is 8.33. The fourth-order valence-corrected chi connectivity index (χ4v) is 4.31. The lowest BCUT2D eigenvalue weighted by Crippen LogP contribution is -2.37. The number of benzene rings is 1. The van der Waals surface area contributed by atoms with Gasteiger partial charge < -0.3 is 4.57 Å². The number of rotatable bonds is 7. The standard InChI is InChI=1S/C26H25F3N6O/c1-18-15-34(17-32-18)24-12-11-19(33-23(24)16-36)7-5-13-31-25-21(9-6-14-35(25)30-2)20-8-3-4-10-22(20)26(27,28)29/h3-5,7-8,10-12,15-17,21H,2,6,9,13-14H2,1H3/b7-5+,31-25?. The summed E-state index contributed by atoms with van der Waals surface area (Å²) < 4.78 is 42.7. The molecule has 0 amide bonds. The van der Waals surface area contributed by atoms with E-state index in [0.717, 1.165) is 11.8 Å². The molecule has 1 fully saturated rings. The van der Waals surface area contributed by atoms with Gasteiger partial charge in [0, 0.05) is 25.4 Å². The van der Waals surface area contributed by atoms with Gasteiger partial charge in [-0.15, -0.1) is 0 Å². The van der Waals surface area contributed by atoms with Crippen LogP contribution in [0.5, 0.6) is 0 Å². The van der Waals surface area contributed by atoms with E-state index in [4.69, 9.17) is 0 Å². The molecule has 1 aromatic carbocycles. The van der Waals surface area contributed by atoms with Crippen molar-refractivity contribution in [3.05, 3.63) is 83.2 Å². The number of hydrogen-bond acceptors (Lipinski definition) is 5.